The van der Waals surface area contributed by atoms with E-state index in [1.165, 1.54) is 12.8 Å². The molecule has 0 aromatic heterocycles. The highest BCUT2D eigenvalue weighted by atomic mass is 28.3. The van der Waals surface area contributed by atoms with Crippen LogP contribution in [0.25, 0.3) is 0 Å². The summed E-state index contributed by atoms with van der Waals surface area (Å²) in [5.74, 6) is 0. The van der Waals surface area contributed by atoms with Crippen molar-refractivity contribution in [1.29, 1.82) is 0 Å². The van der Waals surface area contributed by atoms with Crippen LogP contribution < -0.4 is 0 Å². The van der Waals surface area contributed by atoms with Crippen LogP contribution in [0.4, 0.5) is 0 Å². The Balaban J connectivity index is 2.41. The van der Waals surface area contributed by atoms with Gasteiger partial charge in [0.15, 0.2) is 0 Å². The average Bonchev–Trinajstić information content (AvgIpc) is 2.18. The lowest BCUT2D eigenvalue weighted by Crippen LogP contribution is -2.49. The molecule has 90 valence electrons. The molecule has 0 radical (unpaired) electrons. The van der Waals surface area contributed by atoms with Crippen LogP contribution in [0.5, 0.6) is 0 Å². The molecule has 0 N–H and O–H groups in total. The highest BCUT2D eigenvalue weighted by Gasteiger charge is 2.31. The van der Waals surface area contributed by atoms with Crippen molar-refractivity contribution >= 4 is 9.45 Å². The van der Waals surface area contributed by atoms with Crippen molar-refractivity contribution in [3.05, 3.63) is 0 Å². The standard InChI is InChI=1S/C11H25NO2Si/c1-5-13-15(14-6-2)12-9-7-11(3,4)8-10-12/h15H,5-10H2,1-4H3. The van der Waals surface area contributed by atoms with Crippen molar-refractivity contribution in [3.8, 4) is 0 Å². The van der Waals surface area contributed by atoms with E-state index in [9.17, 15) is 0 Å². The zero-order valence-electron chi connectivity index (χ0n) is 10.6. The van der Waals surface area contributed by atoms with Gasteiger partial charge in [0.25, 0.3) is 0 Å². The predicted octanol–water partition coefficient (Wildman–Crippen LogP) is 1.90. The maximum Gasteiger partial charge on any atom is 0.411 e. The quantitative estimate of drug-likeness (QED) is 0.675. The van der Waals surface area contributed by atoms with Crippen molar-refractivity contribution in [2.45, 2.75) is 40.5 Å². The number of hydrogen-bond acceptors (Lipinski definition) is 3. The first-order valence-corrected chi connectivity index (χ1v) is 7.52. The second kappa shape index (κ2) is 5.99. The maximum atomic E-state index is 5.73. The third-order valence-electron chi connectivity index (χ3n) is 3.07. The molecule has 1 rings (SSSR count). The fourth-order valence-corrected chi connectivity index (χ4v) is 3.65. The first-order valence-electron chi connectivity index (χ1n) is 6.06. The predicted molar refractivity (Wildman–Crippen MR) is 65.0 cm³/mol. The minimum atomic E-state index is -1.54. The van der Waals surface area contributed by atoms with E-state index in [0.717, 1.165) is 26.3 Å². The lowest BCUT2D eigenvalue weighted by Gasteiger charge is -2.39. The van der Waals surface area contributed by atoms with E-state index in [1.54, 1.807) is 0 Å². The number of nitrogens with zero attached hydrogens (tertiary/aromatic N) is 1. The van der Waals surface area contributed by atoms with Gasteiger partial charge in [-0.25, -0.2) is 0 Å². The Morgan fingerprint density at radius 2 is 1.53 bits per heavy atom. The van der Waals surface area contributed by atoms with Crippen LogP contribution in [0, 0.1) is 5.41 Å². The van der Waals surface area contributed by atoms with Gasteiger partial charge >= 0.3 is 9.45 Å². The molecule has 0 bridgehead atoms. The summed E-state index contributed by atoms with van der Waals surface area (Å²) in [7, 11) is -1.54. The second-order valence-corrected chi connectivity index (χ2v) is 6.93. The first-order chi connectivity index (χ1) is 7.09. The Bertz CT molecular complexity index is 171. The van der Waals surface area contributed by atoms with Crippen molar-refractivity contribution in [2.24, 2.45) is 5.41 Å². The van der Waals surface area contributed by atoms with E-state index < -0.39 is 9.45 Å². The Morgan fingerprint density at radius 1 is 1.07 bits per heavy atom. The highest BCUT2D eigenvalue weighted by Crippen LogP contribution is 2.30. The van der Waals surface area contributed by atoms with Crippen LogP contribution in [0.2, 0.25) is 0 Å². The Morgan fingerprint density at radius 3 is 1.93 bits per heavy atom. The minimum absolute atomic E-state index is 0.508. The van der Waals surface area contributed by atoms with Crippen molar-refractivity contribution in [2.75, 3.05) is 26.3 Å². The van der Waals surface area contributed by atoms with Gasteiger partial charge in [0.05, 0.1) is 0 Å². The number of piperidine rings is 1. The molecule has 4 heteroatoms. The SMILES string of the molecule is CCO[SiH](OCC)N1CCC(C)(C)CC1. The summed E-state index contributed by atoms with van der Waals surface area (Å²) in [6.45, 7) is 12.6. The third-order valence-corrected chi connectivity index (χ3v) is 5.42. The molecule has 1 fully saturated rings. The van der Waals surface area contributed by atoms with Crippen LogP contribution in [-0.2, 0) is 8.85 Å². The summed E-state index contributed by atoms with van der Waals surface area (Å²) in [6, 6.07) is 0. The van der Waals surface area contributed by atoms with Gasteiger partial charge in [-0.15, -0.1) is 0 Å². The molecule has 0 saturated carbocycles. The van der Waals surface area contributed by atoms with E-state index >= 15 is 0 Å². The van der Waals surface area contributed by atoms with Gasteiger partial charge < -0.3 is 8.85 Å². The van der Waals surface area contributed by atoms with Crippen LogP contribution in [0.15, 0.2) is 0 Å². The lowest BCUT2D eigenvalue weighted by atomic mass is 9.83. The molecule has 0 aromatic carbocycles. The molecule has 0 atom stereocenters. The normalized spacial score (nSPS) is 22.2. The highest BCUT2D eigenvalue weighted by molar-refractivity contribution is 6.41. The van der Waals surface area contributed by atoms with Gasteiger partial charge in [0.2, 0.25) is 0 Å². The molecule has 0 unspecified atom stereocenters. The Hall–Kier alpha value is 0.0969. The van der Waals surface area contributed by atoms with Gasteiger partial charge in [0, 0.05) is 13.2 Å². The molecule has 0 aliphatic carbocycles. The van der Waals surface area contributed by atoms with E-state index in [1.807, 2.05) is 13.8 Å². The van der Waals surface area contributed by atoms with E-state index in [0.29, 0.717) is 5.41 Å². The summed E-state index contributed by atoms with van der Waals surface area (Å²) in [4.78, 5) is 0. The van der Waals surface area contributed by atoms with E-state index in [2.05, 4.69) is 18.4 Å². The smallest absolute Gasteiger partial charge is 0.385 e. The van der Waals surface area contributed by atoms with Gasteiger partial charge in [-0.2, -0.15) is 0 Å². The maximum absolute atomic E-state index is 5.73. The molecule has 0 spiro atoms. The van der Waals surface area contributed by atoms with Crippen molar-refractivity contribution < 1.29 is 8.85 Å². The Labute approximate surface area is 95.7 Å². The zero-order chi connectivity index (χ0) is 11.3. The molecule has 0 aromatic rings. The monoisotopic (exact) mass is 231 g/mol. The second-order valence-electron chi connectivity index (χ2n) is 4.92. The van der Waals surface area contributed by atoms with Crippen molar-refractivity contribution in [1.82, 2.24) is 4.57 Å². The fraction of sp³-hybridized carbons (Fsp3) is 1.00. The molecule has 1 saturated heterocycles. The lowest BCUT2D eigenvalue weighted by molar-refractivity contribution is 0.112. The Kier molecular flexibility index (Phi) is 5.25. The average molecular weight is 231 g/mol. The molecule has 15 heavy (non-hydrogen) atoms. The van der Waals surface area contributed by atoms with E-state index in [4.69, 9.17) is 8.85 Å². The third kappa shape index (κ3) is 4.22. The molecule has 3 nitrogen and oxygen atoms in total. The molecule has 1 aliphatic rings. The summed E-state index contributed by atoms with van der Waals surface area (Å²) < 4.78 is 13.9. The summed E-state index contributed by atoms with van der Waals surface area (Å²) in [5, 5.41) is 0. The van der Waals surface area contributed by atoms with Gasteiger partial charge in [-0.3, -0.25) is 4.57 Å². The molecule has 1 heterocycles. The summed E-state index contributed by atoms with van der Waals surface area (Å²) in [6.07, 6.45) is 2.52. The molecular formula is C11H25NO2Si. The number of rotatable bonds is 5. The van der Waals surface area contributed by atoms with Crippen LogP contribution in [-0.4, -0.2) is 40.3 Å². The van der Waals surface area contributed by atoms with Crippen LogP contribution in [0.3, 0.4) is 0 Å². The van der Waals surface area contributed by atoms with Crippen LogP contribution in [0.1, 0.15) is 40.5 Å². The first kappa shape index (κ1) is 13.2. The summed E-state index contributed by atoms with van der Waals surface area (Å²) in [5.41, 5.74) is 0.508. The summed E-state index contributed by atoms with van der Waals surface area (Å²) >= 11 is 0. The van der Waals surface area contributed by atoms with Gasteiger partial charge in [-0.1, -0.05) is 13.8 Å². The topological polar surface area (TPSA) is 21.7 Å². The minimum Gasteiger partial charge on any atom is -0.385 e. The van der Waals surface area contributed by atoms with Gasteiger partial charge in [-0.05, 0) is 45.2 Å². The number of hydrogen-bond donors (Lipinski definition) is 0. The van der Waals surface area contributed by atoms with Crippen molar-refractivity contribution in [3.63, 3.8) is 0 Å². The fourth-order valence-electron chi connectivity index (χ4n) is 1.88. The van der Waals surface area contributed by atoms with E-state index in [-0.39, 0.29) is 0 Å². The molecular weight excluding hydrogens is 206 g/mol. The van der Waals surface area contributed by atoms with Gasteiger partial charge in [0.1, 0.15) is 0 Å². The largest absolute Gasteiger partial charge is 0.411 e. The zero-order valence-corrected chi connectivity index (χ0v) is 11.7. The van der Waals surface area contributed by atoms with Crippen LogP contribution >= 0.6 is 0 Å². The molecule has 1 aliphatic heterocycles. The molecule has 0 amide bonds.